The number of rotatable bonds is 10. The number of benzene rings is 2. The SMILES string of the molecule is CC(C)(C)[Si](OCCCCC=C(F)CCBr)(c1ccccc1)c1ccccc1. The summed E-state index contributed by atoms with van der Waals surface area (Å²) in [5.74, 6) is -0.0234. The first-order valence-electron chi connectivity index (χ1n) is 10.1. The van der Waals surface area contributed by atoms with Crippen molar-refractivity contribution < 1.29 is 8.82 Å². The van der Waals surface area contributed by atoms with Gasteiger partial charge in [0.05, 0.1) is 5.83 Å². The van der Waals surface area contributed by atoms with Gasteiger partial charge < -0.3 is 4.43 Å². The molecule has 0 saturated heterocycles. The van der Waals surface area contributed by atoms with E-state index < -0.39 is 8.32 Å². The predicted molar refractivity (Wildman–Crippen MR) is 125 cm³/mol. The van der Waals surface area contributed by atoms with Crippen molar-refractivity contribution in [2.75, 3.05) is 11.9 Å². The van der Waals surface area contributed by atoms with Crippen LogP contribution < -0.4 is 10.4 Å². The molecule has 0 aliphatic rings. The van der Waals surface area contributed by atoms with Gasteiger partial charge in [-0.15, -0.1) is 0 Å². The Labute approximate surface area is 179 Å². The molecule has 0 heterocycles. The molecule has 152 valence electrons. The summed E-state index contributed by atoms with van der Waals surface area (Å²) in [4.78, 5) is 0. The van der Waals surface area contributed by atoms with Crippen molar-refractivity contribution in [1.82, 2.24) is 0 Å². The maximum Gasteiger partial charge on any atom is 0.261 e. The van der Waals surface area contributed by atoms with E-state index in [1.807, 2.05) is 0 Å². The topological polar surface area (TPSA) is 9.23 Å². The molecule has 0 saturated carbocycles. The molecule has 0 aromatic heterocycles. The standard InChI is InChI=1S/C24H32BrFOSi/c1-24(2,3)28(22-14-8-4-9-15-22,23-16-10-5-11-17-23)27-20-12-6-7-13-21(26)18-19-25/h4-5,8-11,13-17H,6-7,12,18-20H2,1-3H3. The summed E-state index contributed by atoms with van der Waals surface area (Å²) in [6.45, 7) is 7.56. The third kappa shape index (κ3) is 5.88. The Kier molecular flexibility index (Phi) is 9.12. The third-order valence-corrected chi connectivity index (χ3v) is 10.5. The average molecular weight is 464 g/mol. The highest BCUT2D eigenvalue weighted by molar-refractivity contribution is 9.09. The van der Waals surface area contributed by atoms with Crippen LogP contribution in [0.25, 0.3) is 0 Å². The maximum absolute atomic E-state index is 13.5. The second-order valence-corrected chi connectivity index (χ2v) is 13.2. The van der Waals surface area contributed by atoms with Gasteiger partial charge in [-0.25, -0.2) is 4.39 Å². The minimum Gasteiger partial charge on any atom is -0.407 e. The lowest BCUT2D eigenvalue weighted by atomic mass is 10.2. The van der Waals surface area contributed by atoms with E-state index in [9.17, 15) is 4.39 Å². The van der Waals surface area contributed by atoms with E-state index >= 15 is 0 Å². The van der Waals surface area contributed by atoms with Crippen molar-refractivity contribution in [3.63, 3.8) is 0 Å². The maximum atomic E-state index is 13.5. The summed E-state index contributed by atoms with van der Waals surface area (Å²) in [6.07, 6.45) is 4.82. The molecule has 2 aromatic carbocycles. The highest BCUT2D eigenvalue weighted by atomic mass is 79.9. The fourth-order valence-electron chi connectivity index (χ4n) is 3.68. The van der Waals surface area contributed by atoms with Gasteiger partial charge in [0.25, 0.3) is 8.32 Å². The number of hydrogen-bond donors (Lipinski definition) is 0. The second kappa shape index (κ2) is 11.1. The van der Waals surface area contributed by atoms with Crippen LogP contribution in [0.5, 0.6) is 0 Å². The Morgan fingerprint density at radius 2 is 1.50 bits per heavy atom. The molecule has 0 unspecified atom stereocenters. The van der Waals surface area contributed by atoms with Crippen LogP contribution in [0, 0.1) is 0 Å². The van der Waals surface area contributed by atoms with E-state index in [0.29, 0.717) is 18.4 Å². The van der Waals surface area contributed by atoms with Crippen LogP contribution in [0.1, 0.15) is 46.5 Å². The van der Waals surface area contributed by atoms with Gasteiger partial charge in [0.1, 0.15) is 0 Å². The molecule has 0 amide bonds. The van der Waals surface area contributed by atoms with Gasteiger partial charge >= 0.3 is 0 Å². The van der Waals surface area contributed by atoms with E-state index in [1.54, 1.807) is 6.08 Å². The van der Waals surface area contributed by atoms with E-state index in [4.69, 9.17) is 4.43 Å². The van der Waals surface area contributed by atoms with Crippen LogP contribution in [0.3, 0.4) is 0 Å². The molecular weight excluding hydrogens is 431 g/mol. The molecule has 4 heteroatoms. The van der Waals surface area contributed by atoms with Gasteiger partial charge in [-0.3, -0.25) is 0 Å². The first-order valence-corrected chi connectivity index (χ1v) is 13.1. The Morgan fingerprint density at radius 3 is 1.96 bits per heavy atom. The lowest BCUT2D eigenvalue weighted by Crippen LogP contribution is -2.66. The molecule has 0 N–H and O–H groups in total. The summed E-state index contributed by atoms with van der Waals surface area (Å²) < 4.78 is 20.3. The van der Waals surface area contributed by atoms with E-state index in [2.05, 4.69) is 97.4 Å². The third-order valence-electron chi connectivity index (χ3n) is 5.03. The normalized spacial score (nSPS) is 13.0. The van der Waals surface area contributed by atoms with Crippen molar-refractivity contribution in [2.24, 2.45) is 0 Å². The Hall–Kier alpha value is -1.23. The molecule has 0 atom stereocenters. The smallest absolute Gasteiger partial charge is 0.261 e. The lowest BCUT2D eigenvalue weighted by molar-refractivity contribution is 0.288. The van der Waals surface area contributed by atoms with Crippen molar-refractivity contribution in [3.8, 4) is 0 Å². The molecule has 2 aromatic rings. The highest BCUT2D eigenvalue weighted by Crippen LogP contribution is 2.36. The Balaban J connectivity index is 2.19. The fourth-order valence-corrected chi connectivity index (χ4v) is 8.67. The highest BCUT2D eigenvalue weighted by Gasteiger charge is 2.49. The first-order chi connectivity index (χ1) is 13.4. The molecule has 0 spiro atoms. The first kappa shape index (κ1) is 23.0. The molecule has 1 nitrogen and oxygen atoms in total. The quantitative estimate of drug-likeness (QED) is 0.226. The number of hydrogen-bond acceptors (Lipinski definition) is 1. The largest absolute Gasteiger partial charge is 0.407 e. The Bertz CT molecular complexity index is 686. The molecule has 28 heavy (non-hydrogen) atoms. The van der Waals surface area contributed by atoms with Gasteiger partial charge in [0.15, 0.2) is 0 Å². The monoisotopic (exact) mass is 462 g/mol. The summed E-state index contributed by atoms with van der Waals surface area (Å²) >= 11 is 3.27. The second-order valence-electron chi connectivity index (χ2n) is 8.10. The predicted octanol–water partition coefficient (Wildman–Crippen LogP) is 6.37. The van der Waals surface area contributed by atoms with Crippen LogP contribution >= 0.6 is 15.9 Å². The number of halogens is 2. The minimum atomic E-state index is -2.44. The van der Waals surface area contributed by atoms with Crippen molar-refractivity contribution in [1.29, 1.82) is 0 Å². The minimum absolute atomic E-state index is 0.00239. The van der Waals surface area contributed by atoms with Gasteiger partial charge in [-0.1, -0.05) is 103 Å². The van der Waals surface area contributed by atoms with Gasteiger partial charge in [0, 0.05) is 18.4 Å². The fraction of sp³-hybridized carbons (Fsp3) is 0.417. The molecule has 0 bridgehead atoms. The van der Waals surface area contributed by atoms with Crippen LogP contribution in [-0.4, -0.2) is 20.3 Å². The summed E-state index contributed by atoms with van der Waals surface area (Å²) in [6, 6.07) is 21.4. The van der Waals surface area contributed by atoms with Crippen molar-refractivity contribution in [3.05, 3.63) is 72.6 Å². The molecule has 0 radical (unpaired) electrons. The van der Waals surface area contributed by atoms with Gasteiger partial charge in [-0.05, 0) is 34.7 Å². The zero-order chi connectivity index (χ0) is 20.5. The van der Waals surface area contributed by atoms with Crippen molar-refractivity contribution >= 4 is 34.6 Å². The van der Waals surface area contributed by atoms with E-state index in [-0.39, 0.29) is 10.9 Å². The number of alkyl halides is 1. The summed E-state index contributed by atoms with van der Waals surface area (Å²) in [7, 11) is -2.44. The van der Waals surface area contributed by atoms with Crippen LogP contribution in [0.2, 0.25) is 5.04 Å². The average Bonchev–Trinajstić information content (AvgIpc) is 2.68. The number of allylic oxidation sites excluding steroid dienone is 2. The van der Waals surface area contributed by atoms with Crippen molar-refractivity contribution in [2.45, 2.75) is 51.5 Å². The molecule has 2 rings (SSSR count). The zero-order valence-electron chi connectivity index (χ0n) is 17.3. The molecule has 0 aliphatic carbocycles. The number of unbranched alkanes of at least 4 members (excludes halogenated alkanes) is 2. The summed E-state index contributed by atoms with van der Waals surface area (Å²) in [5, 5.41) is 3.28. The van der Waals surface area contributed by atoms with Crippen LogP contribution in [-0.2, 0) is 4.43 Å². The molecule has 0 fully saturated rings. The van der Waals surface area contributed by atoms with Crippen LogP contribution in [0.4, 0.5) is 4.39 Å². The van der Waals surface area contributed by atoms with E-state index in [0.717, 1.165) is 19.3 Å². The molecule has 0 aliphatic heterocycles. The van der Waals surface area contributed by atoms with E-state index in [1.165, 1.54) is 10.4 Å². The van der Waals surface area contributed by atoms with Crippen LogP contribution in [0.15, 0.2) is 72.6 Å². The van der Waals surface area contributed by atoms with Gasteiger partial charge in [0.2, 0.25) is 0 Å². The Morgan fingerprint density at radius 1 is 0.964 bits per heavy atom. The summed E-state index contributed by atoms with van der Waals surface area (Å²) in [5.41, 5.74) is 0. The lowest BCUT2D eigenvalue weighted by Gasteiger charge is -2.43. The van der Waals surface area contributed by atoms with Gasteiger partial charge in [-0.2, -0.15) is 0 Å². The molecular formula is C24H32BrFOSi. The zero-order valence-corrected chi connectivity index (χ0v) is 19.8.